The van der Waals surface area contributed by atoms with E-state index in [0.717, 1.165) is 0 Å². The molecule has 0 aliphatic carbocycles. The van der Waals surface area contributed by atoms with Crippen LogP contribution in [0.2, 0.25) is 0 Å². The van der Waals surface area contributed by atoms with Gasteiger partial charge < -0.3 is 11.1 Å². The number of rotatable bonds is 3. The highest BCUT2D eigenvalue weighted by molar-refractivity contribution is 6.04. The Morgan fingerprint density at radius 2 is 1.39 bits per heavy atom. The van der Waals surface area contributed by atoms with E-state index in [1.807, 2.05) is 0 Å². The number of benzene rings is 2. The third-order valence-electron chi connectivity index (χ3n) is 4.26. The van der Waals surface area contributed by atoms with E-state index in [9.17, 15) is 25.0 Å². The Bertz CT molecular complexity index is 1320. The lowest BCUT2D eigenvalue weighted by molar-refractivity contribution is -0.383. The number of hydrogen-bond donors (Lipinski definition) is 2. The molecule has 11 heteroatoms. The summed E-state index contributed by atoms with van der Waals surface area (Å²) in [4.78, 5) is 39.6. The molecule has 2 aromatic carbocycles. The molecule has 11 nitrogen and oxygen atoms in total. The summed E-state index contributed by atoms with van der Waals surface area (Å²) in [5.41, 5.74) is 7.04. The minimum absolute atomic E-state index is 0.0782. The van der Waals surface area contributed by atoms with Crippen molar-refractivity contribution in [2.24, 2.45) is 0 Å². The highest BCUT2D eigenvalue weighted by Gasteiger charge is 2.18. The molecule has 31 heavy (non-hydrogen) atoms. The summed E-state index contributed by atoms with van der Waals surface area (Å²) in [6.45, 7) is 1.30. The Balaban J connectivity index is 0.000000179. The highest BCUT2D eigenvalue weighted by Crippen LogP contribution is 2.32. The van der Waals surface area contributed by atoms with Crippen LogP contribution in [-0.4, -0.2) is 25.7 Å². The van der Waals surface area contributed by atoms with Gasteiger partial charge in [0.05, 0.1) is 20.9 Å². The zero-order valence-electron chi connectivity index (χ0n) is 16.2. The van der Waals surface area contributed by atoms with Crippen molar-refractivity contribution in [3.05, 3.63) is 81.2 Å². The molecular weight excluding hydrogens is 404 g/mol. The van der Waals surface area contributed by atoms with Crippen LogP contribution in [0.4, 0.5) is 22.7 Å². The van der Waals surface area contributed by atoms with Gasteiger partial charge in [-0.1, -0.05) is 0 Å². The molecule has 2 heterocycles. The highest BCUT2D eigenvalue weighted by atomic mass is 16.6. The molecule has 0 spiro atoms. The summed E-state index contributed by atoms with van der Waals surface area (Å²) in [5, 5.41) is 25.1. The number of fused-ring (bicyclic) bond motifs is 2. The van der Waals surface area contributed by atoms with E-state index < -0.39 is 9.85 Å². The van der Waals surface area contributed by atoms with E-state index in [4.69, 9.17) is 5.73 Å². The first-order valence-electron chi connectivity index (χ1n) is 8.87. The molecule has 0 saturated carbocycles. The van der Waals surface area contributed by atoms with Crippen molar-refractivity contribution in [2.45, 2.75) is 6.92 Å². The molecule has 0 radical (unpaired) electrons. The molecule has 0 fully saturated rings. The van der Waals surface area contributed by atoms with Gasteiger partial charge in [-0.2, -0.15) is 0 Å². The number of nitrogens with zero attached hydrogens (tertiary/aromatic N) is 4. The first-order valence-corrected chi connectivity index (χ1v) is 8.87. The van der Waals surface area contributed by atoms with Crippen LogP contribution < -0.4 is 11.1 Å². The van der Waals surface area contributed by atoms with Gasteiger partial charge in [-0.15, -0.1) is 0 Å². The SMILES string of the molecule is CC(=O)Nc1c([N+](=O)[O-])ccc2ncccc12.Nc1c([N+](=O)[O-])ccc2ncccc12. The number of carbonyl (C=O) groups is 1. The molecule has 1 amide bonds. The van der Waals surface area contributed by atoms with Crippen LogP contribution >= 0.6 is 0 Å². The number of nitrogens with two attached hydrogens (primary N) is 1. The molecular formula is C20H16N6O5. The van der Waals surface area contributed by atoms with E-state index in [-0.39, 0.29) is 28.7 Å². The number of nitrogens with one attached hydrogen (secondary N) is 1. The van der Waals surface area contributed by atoms with Crippen LogP contribution in [-0.2, 0) is 4.79 Å². The van der Waals surface area contributed by atoms with Crippen LogP contribution in [0.5, 0.6) is 0 Å². The first kappa shape index (κ1) is 21.0. The summed E-state index contributed by atoms with van der Waals surface area (Å²) in [7, 11) is 0. The van der Waals surface area contributed by atoms with Crippen molar-refractivity contribution in [1.29, 1.82) is 0 Å². The number of pyridine rings is 2. The van der Waals surface area contributed by atoms with Crippen LogP contribution in [0.1, 0.15) is 6.92 Å². The molecule has 0 saturated heterocycles. The van der Waals surface area contributed by atoms with Gasteiger partial charge in [0.1, 0.15) is 11.4 Å². The van der Waals surface area contributed by atoms with Crippen LogP contribution in [0, 0.1) is 20.2 Å². The number of nitrogen functional groups attached to an aromatic ring is 1. The van der Waals surface area contributed by atoms with Crippen molar-refractivity contribution < 1.29 is 14.6 Å². The number of carbonyl (C=O) groups excluding carboxylic acids is 1. The molecule has 3 N–H and O–H groups in total. The molecule has 4 aromatic rings. The molecule has 2 aromatic heterocycles. The van der Waals surface area contributed by atoms with Crippen molar-refractivity contribution in [1.82, 2.24) is 9.97 Å². The van der Waals surface area contributed by atoms with E-state index in [1.165, 1.54) is 19.1 Å². The lowest BCUT2D eigenvalue weighted by atomic mass is 10.1. The van der Waals surface area contributed by atoms with Crippen molar-refractivity contribution in [2.75, 3.05) is 11.1 Å². The number of aromatic nitrogens is 2. The van der Waals surface area contributed by atoms with Crippen molar-refractivity contribution in [3.63, 3.8) is 0 Å². The minimum Gasteiger partial charge on any atom is -0.393 e. The molecule has 0 unspecified atom stereocenters. The van der Waals surface area contributed by atoms with E-state index >= 15 is 0 Å². The van der Waals surface area contributed by atoms with Gasteiger partial charge in [-0.3, -0.25) is 35.0 Å². The number of nitro benzene ring substituents is 2. The van der Waals surface area contributed by atoms with E-state index in [0.29, 0.717) is 21.8 Å². The number of amides is 1. The first-order chi connectivity index (χ1) is 14.8. The second kappa shape index (κ2) is 8.78. The fraction of sp³-hybridized carbons (Fsp3) is 0.0500. The summed E-state index contributed by atoms with van der Waals surface area (Å²) in [5.74, 6) is -0.357. The number of hydrogen-bond acceptors (Lipinski definition) is 8. The maximum absolute atomic E-state index is 11.1. The number of anilines is 2. The lowest BCUT2D eigenvalue weighted by Gasteiger charge is -2.06. The van der Waals surface area contributed by atoms with Crippen molar-refractivity contribution >= 4 is 50.5 Å². The third-order valence-corrected chi connectivity index (χ3v) is 4.26. The average molecular weight is 420 g/mol. The Morgan fingerprint density at radius 3 is 1.94 bits per heavy atom. The Morgan fingerprint density at radius 1 is 0.871 bits per heavy atom. The standard InChI is InChI=1S/C11H9N3O3.C9H7N3O2/c1-7(15)13-11-8-3-2-6-12-9(8)4-5-10(11)14(16)17;10-9-6-2-1-5-11-7(6)3-4-8(9)12(13)14/h2-6H,1H3,(H,13,15);1-5H,10H2. The Kier molecular flexibility index (Phi) is 5.96. The topological polar surface area (TPSA) is 167 Å². The summed E-state index contributed by atoms with van der Waals surface area (Å²) in [6.07, 6.45) is 3.21. The van der Waals surface area contributed by atoms with E-state index in [1.54, 1.807) is 48.8 Å². The monoisotopic (exact) mass is 420 g/mol. The second-order valence-corrected chi connectivity index (χ2v) is 6.29. The molecule has 0 atom stereocenters. The van der Waals surface area contributed by atoms with Gasteiger partial charge in [-0.25, -0.2) is 0 Å². The predicted molar refractivity (Wildman–Crippen MR) is 116 cm³/mol. The zero-order valence-corrected chi connectivity index (χ0v) is 16.2. The summed E-state index contributed by atoms with van der Waals surface area (Å²) < 4.78 is 0. The predicted octanol–water partition coefficient (Wildman–Crippen LogP) is 3.83. The Hall–Kier alpha value is -4.67. The van der Waals surface area contributed by atoms with Gasteiger partial charge in [0.25, 0.3) is 11.4 Å². The van der Waals surface area contributed by atoms with Gasteiger partial charge in [0.15, 0.2) is 0 Å². The molecule has 0 aliphatic heterocycles. The van der Waals surface area contributed by atoms with Crippen LogP contribution in [0.25, 0.3) is 21.8 Å². The molecule has 0 aliphatic rings. The van der Waals surface area contributed by atoms with Gasteiger partial charge >= 0.3 is 0 Å². The molecule has 0 bridgehead atoms. The van der Waals surface area contributed by atoms with Gasteiger partial charge in [0.2, 0.25) is 5.91 Å². The molecule has 156 valence electrons. The quantitative estimate of drug-likeness (QED) is 0.286. The lowest BCUT2D eigenvalue weighted by Crippen LogP contribution is -2.08. The van der Waals surface area contributed by atoms with Gasteiger partial charge in [-0.05, 0) is 36.4 Å². The maximum atomic E-state index is 11.1. The zero-order chi connectivity index (χ0) is 22.5. The minimum atomic E-state index is -0.530. The Labute approximate surface area is 174 Å². The van der Waals surface area contributed by atoms with Crippen LogP contribution in [0.15, 0.2) is 60.9 Å². The smallest absolute Gasteiger partial charge is 0.293 e. The average Bonchev–Trinajstić information content (AvgIpc) is 2.74. The van der Waals surface area contributed by atoms with Gasteiger partial charge in [0, 0.05) is 42.2 Å². The van der Waals surface area contributed by atoms with Crippen LogP contribution in [0.3, 0.4) is 0 Å². The van der Waals surface area contributed by atoms with Crippen molar-refractivity contribution in [3.8, 4) is 0 Å². The fourth-order valence-electron chi connectivity index (χ4n) is 2.92. The summed E-state index contributed by atoms with van der Waals surface area (Å²) >= 11 is 0. The second-order valence-electron chi connectivity index (χ2n) is 6.29. The summed E-state index contributed by atoms with van der Waals surface area (Å²) in [6, 6.07) is 12.6. The maximum Gasteiger partial charge on any atom is 0.293 e. The normalized spacial score (nSPS) is 10.2. The number of nitro groups is 2. The fourth-order valence-corrected chi connectivity index (χ4v) is 2.92. The largest absolute Gasteiger partial charge is 0.393 e. The molecule has 4 rings (SSSR count). The third kappa shape index (κ3) is 4.50. The van der Waals surface area contributed by atoms with E-state index in [2.05, 4.69) is 15.3 Å².